The standard InChI is InChI=1S/C9H16N4O2S/c1-13-9(6-11-12-13)5-10-8-3-2-4-16(14,15)7-8/h6,8,10H,2-5,7H2,1H3. The fraction of sp³-hybridized carbons (Fsp3) is 0.778. The van der Waals surface area contributed by atoms with Gasteiger partial charge in [-0.05, 0) is 12.8 Å². The van der Waals surface area contributed by atoms with E-state index in [1.165, 1.54) is 0 Å². The summed E-state index contributed by atoms with van der Waals surface area (Å²) in [5.41, 5.74) is 0.961. The first-order valence-electron chi connectivity index (χ1n) is 5.34. The van der Waals surface area contributed by atoms with Gasteiger partial charge in [-0.3, -0.25) is 4.68 Å². The third-order valence-corrected chi connectivity index (χ3v) is 4.66. The molecule has 2 heterocycles. The Labute approximate surface area is 95.0 Å². The highest BCUT2D eigenvalue weighted by atomic mass is 32.2. The third kappa shape index (κ3) is 2.79. The molecule has 0 amide bonds. The molecule has 1 aliphatic heterocycles. The van der Waals surface area contributed by atoms with E-state index < -0.39 is 9.84 Å². The first kappa shape index (κ1) is 11.5. The second-order valence-corrected chi connectivity index (χ2v) is 6.41. The van der Waals surface area contributed by atoms with Crippen molar-refractivity contribution in [3.05, 3.63) is 11.9 Å². The number of sulfone groups is 1. The van der Waals surface area contributed by atoms with Gasteiger partial charge >= 0.3 is 0 Å². The predicted octanol–water partition coefficient (Wildman–Crippen LogP) is -0.518. The second kappa shape index (κ2) is 4.50. The number of hydrogen-bond donors (Lipinski definition) is 1. The van der Waals surface area contributed by atoms with Gasteiger partial charge in [0.2, 0.25) is 0 Å². The van der Waals surface area contributed by atoms with E-state index in [9.17, 15) is 8.42 Å². The molecule has 16 heavy (non-hydrogen) atoms. The van der Waals surface area contributed by atoms with E-state index >= 15 is 0 Å². The molecule has 90 valence electrons. The highest BCUT2D eigenvalue weighted by Crippen LogP contribution is 2.12. The van der Waals surface area contributed by atoms with Gasteiger partial charge in [0, 0.05) is 19.6 Å². The number of rotatable bonds is 3. The molecule has 1 fully saturated rings. The van der Waals surface area contributed by atoms with Crippen molar-refractivity contribution in [1.29, 1.82) is 0 Å². The monoisotopic (exact) mass is 244 g/mol. The van der Waals surface area contributed by atoms with Gasteiger partial charge in [0.05, 0.1) is 23.4 Å². The molecule has 1 unspecified atom stereocenters. The van der Waals surface area contributed by atoms with Gasteiger partial charge in [0.15, 0.2) is 9.84 Å². The van der Waals surface area contributed by atoms with Gasteiger partial charge in [0.25, 0.3) is 0 Å². The zero-order valence-electron chi connectivity index (χ0n) is 9.26. The molecule has 1 aliphatic rings. The van der Waals surface area contributed by atoms with Crippen LogP contribution in [0.1, 0.15) is 18.5 Å². The summed E-state index contributed by atoms with van der Waals surface area (Å²) >= 11 is 0. The van der Waals surface area contributed by atoms with Crippen molar-refractivity contribution >= 4 is 9.84 Å². The van der Waals surface area contributed by atoms with Crippen LogP contribution in [0.25, 0.3) is 0 Å². The van der Waals surface area contributed by atoms with Crippen LogP contribution in [-0.2, 0) is 23.4 Å². The van der Waals surface area contributed by atoms with Gasteiger partial charge < -0.3 is 5.32 Å². The molecule has 7 heteroatoms. The molecule has 1 aromatic rings. The van der Waals surface area contributed by atoms with Crippen molar-refractivity contribution in [3.8, 4) is 0 Å². The highest BCUT2D eigenvalue weighted by Gasteiger charge is 2.24. The van der Waals surface area contributed by atoms with Crippen LogP contribution >= 0.6 is 0 Å². The SMILES string of the molecule is Cn1nncc1CNC1CCCS(=O)(=O)C1. The lowest BCUT2D eigenvalue weighted by atomic mass is 10.2. The van der Waals surface area contributed by atoms with Crippen molar-refractivity contribution in [3.63, 3.8) is 0 Å². The Morgan fingerprint density at radius 3 is 3.06 bits per heavy atom. The van der Waals surface area contributed by atoms with E-state index in [-0.39, 0.29) is 11.8 Å². The van der Waals surface area contributed by atoms with E-state index in [1.54, 1.807) is 10.9 Å². The molecule has 1 N–H and O–H groups in total. The highest BCUT2D eigenvalue weighted by molar-refractivity contribution is 7.91. The van der Waals surface area contributed by atoms with E-state index in [4.69, 9.17) is 0 Å². The Kier molecular flexibility index (Phi) is 3.25. The lowest BCUT2D eigenvalue weighted by Crippen LogP contribution is -2.40. The van der Waals surface area contributed by atoms with Crippen LogP contribution in [0.4, 0.5) is 0 Å². The molecule has 0 bridgehead atoms. The molecule has 1 aromatic heterocycles. The molecule has 0 saturated carbocycles. The van der Waals surface area contributed by atoms with E-state index in [0.717, 1.165) is 18.5 Å². The Hall–Kier alpha value is -0.950. The van der Waals surface area contributed by atoms with Crippen LogP contribution in [0.5, 0.6) is 0 Å². The van der Waals surface area contributed by atoms with Gasteiger partial charge in [0.1, 0.15) is 0 Å². The van der Waals surface area contributed by atoms with Crippen LogP contribution in [-0.4, -0.2) is 41.0 Å². The minimum Gasteiger partial charge on any atom is -0.307 e. The van der Waals surface area contributed by atoms with Crippen LogP contribution in [0.2, 0.25) is 0 Å². The summed E-state index contributed by atoms with van der Waals surface area (Å²) in [7, 11) is -1.01. The molecule has 0 spiro atoms. The average Bonchev–Trinajstić information content (AvgIpc) is 2.60. The molecular formula is C9H16N4O2S. The number of nitrogens with zero attached hydrogens (tertiary/aromatic N) is 3. The summed E-state index contributed by atoms with van der Waals surface area (Å²) in [6.07, 6.45) is 3.36. The topological polar surface area (TPSA) is 76.9 Å². The number of aryl methyl sites for hydroxylation is 1. The lowest BCUT2D eigenvalue weighted by molar-refractivity contribution is 0.471. The third-order valence-electron chi connectivity index (χ3n) is 2.84. The fourth-order valence-electron chi connectivity index (χ4n) is 1.90. The Bertz CT molecular complexity index is 454. The zero-order chi connectivity index (χ0) is 11.6. The molecule has 2 rings (SSSR count). The molecule has 1 atom stereocenters. The number of hydrogen-bond acceptors (Lipinski definition) is 5. The smallest absolute Gasteiger partial charge is 0.151 e. The quantitative estimate of drug-likeness (QED) is 0.774. The van der Waals surface area contributed by atoms with Crippen molar-refractivity contribution < 1.29 is 8.42 Å². The summed E-state index contributed by atoms with van der Waals surface area (Å²) in [6.45, 7) is 0.615. The molecule has 0 aromatic carbocycles. The van der Waals surface area contributed by atoms with Crippen molar-refractivity contribution in [2.75, 3.05) is 11.5 Å². The lowest BCUT2D eigenvalue weighted by Gasteiger charge is -2.22. The molecule has 0 aliphatic carbocycles. The minimum absolute atomic E-state index is 0.0636. The van der Waals surface area contributed by atoms with Crippen LogP contribution in [0.3, 0.4) is 0 Å². The average molecular weight is 244 g/mol. The van der Waals surface area contributed by atoms with Crippen molar-refractivity contribution in [1.82, 2.24) is 20.3 Å². The van der Waals surface area contributed by atoms with Gasteiger partial charge in [-0.15, -0.1) is 5.10 Å². The maximum atomic E-state index is 11.4. The number of nitrogens with one attached hydrogen (secondary N) is 1. The Morgan fingerprint density at radius 1 is 1.62 bits per heavy atom. The summed E-state index contributed by atoms with van der Waals surface area (Å²) in [4.78, 5) is 0. The van der Waals surface area contributed by atoms with E-state index in [0.29, 0.717) is 12.3 Å². The summed E-state index contributed by atoms with van der Waals surface area (Å²) in [6, 6.07) is 0.0636. The maximum absolute atomic E-state index is 11.4. The van der Waals surface area contributed by atoms with E-state index in [1.807, 2.05) is 7.05 Å². The zero-order valence-corrected chi connectivity index (χ0v) is 10.1. The maximum Gasteiger partial charge on any atom is 0.151 e. The van der Waals surface area contributed by atoms with Gasteiger partial charge in [-0.2, -0.15) is 0 Å². The van der Waals surface area contributed by atoms with Crippen LogP contribution in [0.15, 0.2) is 6.20 Å². The Morgan fingerprint density at radius 2 is 2.44 bits per heavy atom. The Balaban J connectivity index is 1.89. The van der Waals surface area contributed by atoms with Crippen molar-refractivity contribution in [2.45, 2.75) is 25.4 Å². The van der Waals surface area contributed by atoms with Gasteiger partial charge in [-0.25, -0.2) is 8.42 Å². The predicted molar refractivity (Wildman–Crippen MR) is 59.5 cm³/mol. The van der Waals surface area contributed by atoms with Crippen LogP contribution in [0, 0.1) is 0 Å². The molecule has 0 radical (unpaired) electrons. The first-order chi connectivity index (χ1) is 7.57. The molecule has 6 nitrogen and oxygen atoms in total. The fourth-order valence-corrected chi connectivity index (χ4v) is 3.57. The first-order valence-corrected chi connectivity index (χ1v) is 7.16. The van der Waals surface area contributed by atoms with E-state index in [2.05, 4.69) is 15.6 Å². The number of aromatic nitrogens is 3. The molecule has 1 saturated heterocycles. The van der Waals surface area contributed by atoms with Crippen molar-refractivity contribution in [2.24, 2.45) is 7.05 Å². The largest absolute Gasteiger partial charge is 0.307 e. The summed E-state index contributed by atoms with van der Waals surface area (Å²) in [5, 5.41) is 10.8. The normalized spacial score (nSPS) is 24.4. The van der Waals surface area contributed by atoms with Gasteiger partial charge in [-0.1, -0.05) is 5.21 Å². The second-order valence-electron chi connectivity index (χ2n) is 4.18. The van der Waals surface area contributed by atoms with Crippen LogP contribution < -0.4 is 5.32 Å². The summed E-state index contributed by atoms with van der Waals surface area (Å²) in [5.74, 6) is 0.580. The molecular weight excluding hydrogens is 228 g/mol. The minimum atomic E-state index is -2.83. The summed E-state index contributed by atoms with van der Waals surface area (Å²) < 4.78 is 24.5.